The summed E-state index contributed by atoms with van der Waals surface area (Å²) in [6, 6.07) is 15.7. The zero-order valence-electron chi connectivity index (χ0n) is 17.4. The third-order valence-electron chi connectivity index (χ3n) is 5.33. The molecule has 0 saturated carbocycles. The van der Waals surface area contributed by atoms with Gasteiger partial charge in [0.05, 0.1) is 0 Å². The third-order valence-corrected chi connectivity index (χ3v) is 5.33. The Balaban J connectivity index is 1.36. The molecule has 4 rings (SSSR count). The highest BCUT2D eigenvalue weighted by Gasteiger charge is 2.29. The second-order valence-electron chi connectivity index (χ2n) is 7.40. The lowest BCUT2D eigenvalue weighted by atomic mass is 9.98. The van der Waals surface area contributed by atoms with Crippen LogP contribution >= 0.6 is 0 Å². The molecular weight excluding hydrogens is 430 g/mol. The molecule has 33 heavy (non-hydrogen) atoms. The molecule has 1 atom stereocenters. The van der Waals surface area contributed by atoms with Crippen LogP contribution in [0.3, 0.4) is 0 Å². The maximum absolute atomic E-state index is 12.3. The summed E-state index contributed by atoms with van der Waals surface area (Å²) in [4.78, 5) is 35.5. The topological polar surface area (TPSA) is 151 Å². The number of amides is 2. The van der Waals surface area contributed by atoms with Gasteiger partial charge in [-0.1, -0.05) is 53.7 Å². The summed E-state index contributed by atoms with van der Waals surface area (Å²) in [5.41, 5.74) is 4.12. The molecule has 0 bridgehead atoms. The number of fused-ring (bicyclic) bond motifs is 3. The first kappa shape index (κ1) is 22.0. The summed E-state index contributed by atoms with van der Waals surface area (Å²) in [6.45, 7) is -0.312. The van der Waals surface area contributed by atoms with Gasteiger partial charge < -0.3 is 24.8 Å². The number of aromatic nitrogens is 1. The van der Waals surface area contributed by atoms with E-state index >= 15 is 0 Å². The van der Waals surface area contributed by atoms with Crippen molar-refractivity contribution >= 4 is 23.9 Å². The average Bonchev–Trinajstić information content (AvgIpc) is 3.40. The molecule has 10 nitrogen and oxygen atoms in total. The molecule has 10 heteroatoms. The highest BCUT2D eigenvalue weighted by atomic mass is 16.6. The molecule has 4 N–H and O–H groups in total. The van der Waals surface area contributed by atoms with Crippen LogP contribution in [0, 0.1) is 0 Å². The normalized spacial score (nSPS) is 13.0. The van der Waals surface area contributed by atoms with Crippen LogP contribution in [0.5, 0.6) is 0 Å². The largest absolute Gasteiger partial charge is 0.480 e. The smallest absolute Gasteiger partial charge is 0.414 e. The molecule has 1 aliphatic carbocycles. The summed E-state index contributed by atoms with van der Waals surface area (Å²) in [5, 5.41) is 26.1. The molecule has 170 valence electrons. The van der Waals surface area contributed by atoms with Crippen molar-refractivity contribution in [1.82, 2.24) is 10.5 Å². The van der Waals surface area contributed by atoms with Gasteiger partial charge in [-0.05, 0) is 22.3 Å². The summed E-state index contributed by atoms with van der Waals surface area (Å²) < 4.78 is 10.3. The number of nitrogens with one attached hydrogen (secondary N) is 2. The lowest BCUT2D eigenvalue weighted by Gasteiger charge is -2.14. The quantitative estimate of drug-likeness (QED) is 0.408. The first-order chi connectivity index (χ1) is 16.0. The SMILES string of the molecule is O=C(Nc1cc(C(=O)N[C@H](CCO)C(=O)O)no1)OCC1c2ccccc2-c2ccccc21. The average molecular weight is 451 g/mol. The fourth-order valence-electron chi connectivity index (χ4n) is 3.79. The highest BCUT2D eigenvalue weighted by molar-refractivity contribution is 5.96. The predicted octanol–water partition coefficient (Wildman–Crippen LogP) is 2.60. The van der Waals surface area contributed by atoms with Crippen LogP contribution in [-0.2, 0) is 9.53 Å². The number of nitrogens with zero attached hydrogens (tertiary/aromatic N) is 1. The van der Waals surface area contributed by atoms with Crippen LogP contribution < -0.4 is 10.6 Å². The van der Waals surface area contributed by atoms with Gasteiger partial charge >= 0.3 is 12.1 Å². The third kappa shape index (κ3) is 4.70. The van der Waals surface area contributed by atoms with E-state index in [0.29, 0.717) is 0 Å². The summed E-state index contributed by atoms with van der Waals surface area (Å²) in [7, 11) is 0. The summed E-state index contributed by atoms with van der Waals surface area (Å²) in [6.07, 6.45) is -0.951. The van der Waals surface area contributed by atoms with Crippen molar-refractivity contribution in [3.8, 4) is 11.1 Å². The van der Waals surface area contributed by atoms with Crippen LogP contribution in [0.25, 0.3) is 11.1 Å². The Labute approximate surface area is 188 Å². The number of benzene rings is 2. The van der Waals surface area contributed by atoms with E-state index in [2.05, 4.69) is 15.8 Å². The number of anilines is 1. The molecule has 2 amide bonds. The van der Waals surface area contributed by atoms with Crippen molar-refractivity contribution in [3.05, 3.63) is 71.4 Å². The zero-order valence-corrected chi connectivity index (χ0v) is 17.4. The number of carbonyl (C=O) groups is 3. The van der Waals surface area contributed by atoms with E-state index in [1.54, 1.807) is 0 Å². The first-order valence-electron chi connectivity index (χ1n) is 10.2. The number of carboxylic acids is 1. The Hall–Kier alpha value is -4.18. The van der Waals surface area contributed by atoms with Gasteiger partial charge in [0.15, 0.2) is 5.69 Å². The van der Waals surface area contributed by atoms with Crippen LogP contribution in [0.1, 0.15) is 34.0 Å². The molecule has 1 heterocycles. The van der Waals surface area contributed by atoms with Crippen LogP contribution in [0.4, 0.5) is 10.7 Å². The Morgan fingerprint density at radius 2 is 1.70 bits per heavy atom. The van der Waals surface area contributed by atoms with Crippen LogP contribution in [0.15, 0.2) is 59.1 Å². The molecule has 0 fully saturated rings. The molecule has 1 aromatic heterocycles. The van der Waals surface area contributed by atoms with Crippen LogP contribution in [0.2, 0.25) is 0 Å². The molecule has 0 radical (unpaired) electrons. The van der Waals surface area contributed by atoms with Crippen molar-refractivity contribution in [3.63, 3.8) is 0 Å². The zero-order chi connectivity index (χ0) is 23.4. The minimum atomic E-state index is -1.29. The lowest BCUT2D eigenvalue weighted by molar-refractivity contribution is -0.139. The first-order valence-corrected chi connectivity index (χ1v) is 10.2. The fourth-order valence-corrected chi connectivity index (χ4v) is 3.79. The van der Waals surface area contributed by atoms with Gasteiger partial charge in [0, 0.05) is 25.0 Å². The molecular formula is C23H21N3O7. The lowest BCUT2D eigenvalue weighted by Crippen LogP contribution is -2.41. The van der Waals surface area contributed by atoms with Gasteiger partial charge in [0.25, 0.3) is 5.91 Å². The number of rotatable bonds is 8. The van der Waals surface area contributed by atoms with Gasteiger partial charge in [-0.3, -0.25) is 10.1 Å². The highest BCUT2D eigenvalue weighted by Crippen LogP contribution is 2.44. The molecule has 0 aliphatic heterocycles. The monoisotopic (exact) mass is 451 g/mol. The minimum Gasteiger partial charge on any atom is -0.480 e. The number of carbonyl (C=O) groups excluding carboxylic acids is 2. The van der Waals surface area contributed by atoms with Crippen molar-refractivity contribution in [1.29, 1.82) is 0 Å². The summed E-state index contributed by atoms with van der Waals surface area (Å²) in [5.74, 6) is -2.36. The van der Waals surface area contributed by atoms with Crippen molar-refractivity contribution in [2.24, 2.45) is 0 Å². The van der Waals surface area contributed by atoms with E-state index in [0.717, 1.165) is 28.3 Å². The number of aliphatic hydroxyl groups excluding tert-OH is 1. The van der Waals surface area contributed by atoms with Crippen molar-refractivity contribution in [2.45, 2.75) is 18.4 Å². The van der Waals surface area contributed by atoms with Gasteiger partial charge in [0.2, 0.25) is 5.88 Å². The van der Waals surface area contributed by atoms with E-state index in [9.17, 15) is 14.4 Å². The number of aliphatic carboxylic acids is 1. The van der Waals surface area contributed by atoms with E-state index in [1.165, 1.54) is 0 Å². The van der Waals surface area contributed by atoms with E-state index in [4.69, 9.17) is 19.5 Å². The Morgan fingerprint density at radius 3 is 2.30 bits per heavy atom. The molecule has 2 aromatic carbocycles. The molecule has 1 aliphatic rings. The van der Waals surface area contributed by atoms with E-state index < -0.39 is 30.6 Å². The molecule has 3 aromatic rings. The number of carboxylic acid groups (broad SMARTS) is 1. The number of ether oxygens (including phenoxy) is 1. The maximum atomic E-state index is 12.3. The number of aliphatic hydroxyl groups is 1. The fraction of sp³-hybridized carbons (Fsp3) is 0.217. The van der Waals surface area contributed by atoms with Gasteiger partial charge in [0.1, 0.15) is 12.6 Å². The van der Waals surface area contributed by atoms with E-state index in [-0.39, 0.29) is 30.5 Å². The van der Waals surface area contributed by atoms with Crippen molar-refractivity contribution < 1.29 is 33.9 Å². The standard InChI is InChI=1S/C23H21N3O7/c27-10-9-18(22(29)30)24-21(28)19-11-20(33-26-19)25-23(31)32-12-17-15-7-3-1-5-13(15)14-6-2-4-8-16(14)17/h1-8,11,17-18,27H,9-10,12H2,(H,24,28)(H,25,31)(H,29,30)/t18-/m1/s1. The Morgan fingerprint density at radius 1 is 1.06 bits per heavy atom. The molecule has 0 saturated heterocycles. The van der Waals surface area contributed by atoms with Gasteiger partial charge in [-0.2, -0.15) is 0 Å². The van der Waals surface area contributed by atoms with E-state index in [1.807, 2.05) is 48.5 Å². The Bertz CT molecular complexity index is 1140. The van der Waals surface area contributed by atoms with Gasteiger partial charge in [-0.15, -0.1) is 0 Å². The number of hydrogen-bond donors (Lipinski definition) is 4. The second kappa shape index (κ2) is 9.53. The molecule has 0 unspecified atom stereocenters. The predicted molar refractivity (Wildman–Crippen MR) is 116 cm³/mol. The Kier molecular flexibility index (Phi) is 6.36. The minimum absolute atomic E-state index is 0.1000. The van der Waals surface area contributed by atoms with Gasteiger partial charge in [-0.25, -0.2) is 9.59 Å². The maximum Gasteiger partial charge on any atom is 0.414 e. The van der Waals surface area contributed by atoms with Crippen LogP contribution in [-0.4, -0.2) is 52.6 Å². The summed E-state index contributed by atoms with van der Waals surface area (Å²) >= 11 is 0. The second-order valence-corrected chi connectivity index (χ2v) is 7.40. The number of hydrogen-bond acceptors (Lipinski definition) is 7. The molecule has 0 spiro atoms. The van der Waals surface area contributed by atoms with Crippen molar-refractivity contribution in [2.75, 3.05) is 18.5 Å².